The topological polar surface area (TPSA) is 71.3 Å². The highest BCUT2D eigenvalue weighted by Gasteiger charge is 2.35. The van der Waals surface area contributed by atoms with Gasteiger partial charge in [0, 0.05) is 55.0 Å². The van der Waals surface area contributed by atoms with Crippen molar-refractivity contribution in [2.75, 3.05) is 23.3 Å². The van der Waals surface area contributed by atoms with Gasteiger partial charge in [-0.15, -0.1) is 0 Å². The van der Waals surface area contributed by atoms with E-state index in [1.807, 2.05) is 36.9 Å². The molecule has 4 aromatic rings. The van der Waals surface area contributed by atoms with Crippen LogP contribution >= 0.6 is 11.6 Å². The first-order valence-electron chi connectivity index (χ1n) is 12.2. The number of nitrogens with one attached hydrogen (secondary N) is 1. The number of hydrogen-bond acceptors (Lipinski definition) is 6. The van der Waals surface area contributed by atoms with Crippen LogP contribution in [0.15, 0.2) is 58.0 Å². The molecule has 0 amide bonds. The fraction of sp³-hybridized carbons (Fsp3) is 0.321. The highest BCUT2D eigenvalue weighted by atomic mass is 35.5. The van der Waals surface area contributed by atoms with Crippen LogP contribution in [0, 0.1) is 13.8 Å². The number of halogens is 3. The van der Waals surface area contributed by atoms with E-state index in [9.17, 15) is 13.6 Å². The van der Waals surface area contributed by atoms with Crippen molar-refractivity contribution < 1.29 is 13.2 Å². The molecule has 0 radical (unpaired) electrons. The number of aryl methyl sites for hydroxylation is 1. The van der Waals surface area contributed by atoms with Gasteiger partial charge in [0.05, 0.1) is 17.1 Å². The number of pyridine rings is 2. The number of nitrogens with zero attached hydrogens (tertiary/aromatic N) is 3. The van der Waals surface area contributed by atoms with E-state index < -0.39 is 5.92 Å². The molecule has 0 spiro atoms. The molecule has 1 N–H and O–H groups in total. The van der Waals surface area contributed by atoms with Crippen LogP contribution in [0.3, 0.4) is 0 Å². The predicted molar refractivity (Wildman–Crippen MR) is 143 cm³/mol. The van der Waals surface area contributed by atoms with E-state index in [1.54, 1.807) is 37.5 Å². The third-order valence-corrected chi connectivity index (χ3v) is 7.00. The summed E-state index contributed by atoms with van der Waals surface area (Å²) in [4.78, 5) is 23.8. The summed E-state index contributed by atoms with van der Waals surface area (Å²) in [7, 11) is 0. The summed E-state index contributed by atoms with van der Waals surface area (Å²) < 4.78 is 33.9. The molecule has 1 fully saturated rings. The molecule has 1 unspecified atom stereocenters. The molecule has 192 valence electrons. The van der Waals surface area contributed by atoms with Gasteiger partial charge in [-0.05, 0) is 56.7 Å². The number of hydrogen-bond donors (Lipinski definition) is 1. The van der Waals surface area contributed by atoms with Crippen LogP contribution in [0.25, 0.3) is 22.3 Å². The second-order valence-corrected chi connectivity index (χ2v) is 9.96. The van der Waals surface area contributed by atoms with Gasteiger partial charge in [0.15, 0.2) is 11.2 Å². The molecule has 37 heavy (non-hydrogen) atoms. The Morgan fingerprint density at radius 3 is 2.62 bits per heavy atom. The van der Waals surface area contributed by atoms with Gasteiger partial charge >= 0.3 is 0 Å². The summed E-state index contributed by atoms with van der Waals surface area (Å²) in [5, 5.41) is 4.25. The van der Waals surface area contributed by atoms with Gasteiger partial charge in [-0.25, -0.2) is 13.8 Å². The molecule has 1 aliphatic rings. The van der Waals surface area contributed by atoms with Crippen molar-refractivity contribution >= 4 is 34.1 Å². The standard InChI is InChI=1S/C28H27ClF2N4O2/c1-16-13-20(26-21(14-16)24(36)17(2)25(37-26)19-5-4-10-32-15-19)18(3)33-22-6-7-23(29)34-27(22)35-11-8-28(30,31)9-12-35/h4-7,10,13-15,18,33H,8-9,11-12H2,1-3H3. The zero-order valence-electron chi connectivity index (χ0n) is 20.8. The zero-order chi connectivity index (χ0) is 26.3. The third-order valence-electron chi connectivity index (χ3n) is 6.79. The maximum absolute atomic E-state index is 13.8. The second-order valence-electron chi connectivity index (χ2n) is 9.57. The molecule has 0 aliphatic carbocycles. The third kappa shape index (κ3) is 5.03. The minimum Gasteiger partial charge on any atom is -0.455 e. The van der Waals surface area contributed by atoms with Crippen molar-refractivity contribution in [2.45, 2.75) is 45.6 Å². The van der Waals surface area contributed by atoms with Crippen molar-refractivity contribution in [3.05, 3.63) is 80.9 Å². The van der Waals surface area contributed by atoms with Crippen molar-refractivity contribution in [1.29, 1.82) is 0 Å². The largest absolute Gasteiger partial charge is 0.455 e. The van der Waals surface area contributed by atoms with Crippen LogP contribution in [-0.4, -0.2) is 29.0 Å². The molecular weight excluding hydrogens is 498 g/mol. The van der Waals surface area contributed by atoms with E-state index in [4.69, 9.17) is 16.0 Å². The number of fused-ring (bicyclic) bond motifs is 1. The van der Waals surface area contributed by atoms with E-state index >= 15 is 0 Å². The quantitative estimate of drug-likeness (QED) is 0.285. The number of piperidine rings is 1. The van der Waals surface area contributed by atoms with Crippen molar-refractivity contribution in [3.63, 3.8) is 0 Å². The van der Waals surface area contributed by atoms with Gasteiger partial charge in [0.2, 0.25) is 0 Å². The molecule has 0 saturated carbocycles. The Kier molecular flexibility index (Phi) is 6.62. The molecule has 0 bridgehead atoms. The van der Waals surface area contributed by atoms with E-state index in [1.165, 1.54) is 0 Å². The van der Waals surface area contributed by atoms with E-state index in [-0.39, 0.29) is 42.6 Å². The van der Waals surface area contributed by atoms with Gasteiger partial charge in [0.25, 0.3) is 5.92 Å². The Labute approximate surface area is 218 Å². The second kappa shape index (κ2) is 9.74. The lowest BCUT2D eigenvalue weighted by molar-refractivity contribution is -0.0221. The number of rotatable bonds is 5. The molecule has 1 aliphatic heterocycles. The van der Waals surface area contributed by atoms with Crippen LogP contribution in [0.2, 0.25) is 5.15 Å². The van der Waals surface area contributed by atoms with Crippen molar-refractivity contribution in [3.8, 4) is 11.3 Å². The molecule has 1 saturated heterocycles. The summed E-state index contributed by atoms with van der Waals surface area (Å²) in [5.74, 6) is -1.66. The maximum atomic E-state index is 13.8. The van der Waals surface area contributed by atoms with Crippen LogP contribution < -0.4 is 15.6 Å². The van der Waals surface area contributed by atoms with E-state index in [0.29, 0.717) is 33.8 Å². The van der Waals surface area contributed by atoms with Gasteiger partial charge in [-0.2, -0.15) is 0 Å². The van der Waals surface area contributed by atoms with Crippen LogP contribution in [-0.2, 0) is 0 Å². The molecule has 9 heteroatoms. The fourth-order valence-corrected chi connectivity index (χ4v) is 4.94. The molecule has 1 atom stereocenters. The normalized spacial score (nSPS) is 16.1. The Balaban J connectivity index is 1.56. The highest BCUT2D eigenvalue weighted by Crippen LogP contribution is 2.36. The lowest BCUT2D eigenvalue weighted by Gasteiger charge is -2.34. The Morgan fingerprint density at radius 2 is 1.92 bits per heavy atom. The lowest BCUT2D eigenvalue weighted by atomic mass is 9.99. The van der Waals surface area contributed by atoms with Crippen molar-refractivity contribution in [1.82, 2.24) is 9.97 Å². The SMILES string of the molecule is Cc1cc(C(C)Nc2ccc(Cl)nc2N2CCC(F)(F)CC2)c2oc(-c3cccnc3)c(C)c(=O)c2c1. The molecule has 5 rings (SSSR count). The summed E-state index contributed by atoms with van der Waals surface area (Å²) in [6.07, 6.45) is 2.86. The smallest absolute Gasteiger partial charge is 0.251 e. The first kappa shape index (κ1) is 25.1. The van der Waals surface area contributed by atoms with Crippen LogP contribution in [0.4, 0.5) is 20.3 Å². The number of alkyl halides is 2. The lowest BCUT2D eigenvalue weighted by Crippen LogP contribution is -2.40. The van der Waals surface area contributed by atoms with Crippen LogP contribution in [0.5, 0.6) is 0 Å². The average molecular weight is 525 g/mol. The summed E-state index contributed by atoms with van der Waals surface area (Å²) in [6, 6.07) is 10.6. The molecule has 6 nitrogen and oxygen atoms in total. The molecule has 1 aromatic carbocycles. The summed E-state index contributed by atoms with van der Waals surface area (Å²) >= 11 is 6.18. The van der Waals surface area contributed by atoms with Crippen LogP contribution in [0.1, 0.15) is 42.5 Å². The Bertz CT molecular complexity index is 1510. The van der Waals surface area contributed by atoms with E-state index in [0.717, 1.165) is 16.7 Å². The Morgan fingerprint density at radius 1 is 1.16 bits per heavy atom. The summed E-state index contributed by atoms with van der Waals surface area (Å²) in [5.41, 5.74) is 4.01. The van der Waals surface area contributed by atoms with Gasteiger partial charge in [-0.1, -0.05) is 17.7 Å². The fourth-order valence-electron chi connectivity index (χ4n) is 4.80. The number of anilines is 2. The first-order valence-corrected chi connectivity index (χ1v) is 12.5. The van der Waals surface area contributed by atoms with Gasteiger partial charge in [0.1, 0.15) is 16.5 Å². The monoisotopic (exact) mass is 524 g/mol. The highest BCUT2D eigenvalue weighted by molar-refractivity contribution is 6.29. The minimum atomic E-state index is -2.67. The number of benzene rings is 1. The Hall–Kier alpha value is -3.52. The van der Waals surface area contributed by atoms with Gasteiger partial charge in [-0.3, -0.25) is 9.78 Å². The number of aromatic nitrogens is 2. The molecule has 4 heterocycles. The van der Waals surface area contributed by atoms with E-state index in [2.05, 4.69) is 15.3 Å². The van der Waals surface area contributed by atoms with Crippen molar-refractivity contribution in [2.24, 2.45) is 0 Å². The maximum Gasteiger partial charge on any atom is 0.251 e. The average Bonchev–Trinajstić information content (AvgIpc) is 2.87. The first-order chi connectivity index (χ1) is 17.6. The molecular formula is C28H27ClF2N4O2. The predicted octanol–water partition coefficient (Wildman–Crippen LogP) is 6.93. The van der Waals surface area contributed by atoms with Gasteiger partial charge < -0.3 is 14.6 Å². The minimum absolute atomic E-state index is 0.0969. The molecule has 3 aromatic heterocycles. The zero-order valence-corrected chi connectivity index (χ0v) is 21.6. The summed E-state index contributed by atoms with van der Waals surface area (Å²) in [6.45, 7) is 6.01.